The highest BCUT2D eigenvalue weighted by Crippen LogP contribution is 2.29. The van der Waals surface area contributed by atoms with Crippen LogP contribution in [0.5, 0.6) is 0 Å². The van der Waals surface area contributed by atoms with Gasteiger partial charge in [0, 0.05) is 16.8 Å². The van der Waals surface area contributed by atoms with Gasteiger partial charge in [0.1, 0.15) is 5.76 Å². The van der Waals surface area contributed by atoms with Crippen LogP contribution in [0.15, 0.2) is 22.7 Å². The maximum Gasteiger partial charge on any atom is 0.277 e. The van der Waals surface area contributed by atoms with E-state index >= 15 is 0 Å². The third-order valence-corrected chi connectivity index (χ3v) is 3.53. The molecular weight excluding hydrogens is 276 g/mol. The van der Waals surface area contributed by atoms with Gasteiger partial charge in [-0.15, -0.1) is 0 Å². The molecule has 1 aromatic carbocycles. The molecule has 0 aliphatic heterocycles. The van der Waals surface area contributed by atoms with Crippen molar-refractivity contribution in [3.05, 3.63) is 45.8 Å². The minimum absolute atomic E-state index is 0.270. The number of nitrogens with one attached hydrogen (secondary N) is 1. The van der Waals surface area contributed by atoms with Crippen molar-refractivity contribution in [2.24, 2.45) is 0 Å². The molecule has 0 spiro atoms. The van der Waals surface area contributed by atoms with Crippen LogP contribution in [-0.2, 0) is 12.8 Å². The average molecular weight is 293 g/mol. The van der Waals surface area contributed by atoms with Crippen molar-refractivity contribution >= 4 is 23.2 Å². The number of aryl methyl sites for hydroxylation is 2. The fraction of sp³-hybridized carbons (Fsp3) is 0.333. The second kappa shape index (κ2) is 6.09. The van der Waals surface area contributed by atoms with Crippen LogP contribution in [0.4, 0.5) is 5.69 Å². The van der Waals surface area contributed by atoms with Crippen LogP contribution in [0.25, 0.3) is 0 Å². The van der Waals surface area contributed by atoms with E-state index in [0.717, 1.165) is 29.7 Å². The molecule has 0 atom stereocenters. The van der Waals surface area contributed by atoms with Crippen molar-refractivity contribution < 1.29 is 9.32 Å². The van der Waals surface area contributed by atoms with Gasteiger partial charge in [-0.1, -0.05) is 36.7 Å². The van der Waals surface area contributed by atoms with Gasteiger partial charge in [0.15, 0.2) is 5.69 Å². The molecule has 0 unspecified atom stereocenters. The summed E-state index contributed by atoms with van der Waals surface area (Å²) >= 11 is 6.21. The molecule has 5 heteroatoms. The lowest BCUT2D eigenvalue weighted by molar-refractivity contribution is 0.101. The maximum atomic E-state index is 12.2. The number of nitrogens with zero attached hydrogens (tertiary/aromatic N) is 1. The lowest BCUT2D eigenvalue weighted by atomic mass is 10.0. The summed E-state index contributed by atoms with van der Waals surface area (Å²) in [6.45, 7) is 5.80. The first-order chi connectivity index (χ1) is 9.56. The maximum absolute atomic E-state index is 12.2. The Morgan fingerprint density at radius 3 is 2.65 bits per heavy atom. The van der Waals surface area contributed by atoms with E-state index < -0.39 is 0 Å². The Kier molecular flexibility index (Phi) is 4.45. The number of carbonyl (C=O) groups is 1. The Balaban J connectivity index is 2.37. The largest absolute Gasteiger partial charge is 0.361 e. The first-order valence-corrected chi connectivity index (χ1v) is 6.99. The van der Waals surface area contributed by atoms with E-state index in [9.17, 15) is 4.79 Å². The number of carbonyl (C=O) groups excluding carboxylic acids is 1. The molecular formula is C15H17ClN2O2. The predicted molar refractivity (Wildman–Crippen MR) is 79.4 cm³/mol. The number of amides is 1. The zero-order valence-electron chi connectivity index (χ0n) is 11.8. The molecule has 2 rings (SSSR count). The molecule has 0 fully saturated rings. The van der Waals surface area contributed by atoms with Crippen LogP contribution in [0.1, 0.15) is 41.2 Å². The van der Waals surface area contributed by atoms with Gasteiger partial charge in [0.25, 0.3) is 5.91 Å². The van der Waals surface area contributed by atoms with Crippen LogP contribution in [0, 0.1) is 6.92 Å². The van der Waals surface area contributed by atoms with E-state index in [-0.39, 0.29) is 11.6 Å². The smallest absolute Gasteiger partial charge is 0.277 e. The van der Waals surface area contributed by atoms with Gasteiger partial charge in [0.05, 0.1) is 0 Å². The molecule has 0 bridgehead atoms. The van der Waals surface area contributed by atoms with E-state index in [2.05, 4.69) is 10.5 Å². The standard InChI is InChI=1S/C15H17ClN2O2/c1-4-10-6-7-12(16)11(5-2)14(10)17-15(19)13-8-9(3)20-18-13/h6-8H,4-5H2,1-3H3,(H,17,19). The molecule has 1 amide bonds. The molecule has 0 saturated heterocycles. The molecule has 20 heavy (non-hydrogen) atoms. The minimum Gasteiger partial charge on any atom is -0.361 e. The summed E-state index contributed by atoms with van der Waals surface area (Å²) in [7, 11) is 0. The van der Waals surface area contributed by atoms with Crippen molar-refractivity contribution in [1.29, 1.82) is 0 Å². The first-order valence-electron chi connectivity index (χ1n) is 6.61. The van der Waals surface area contributed by atoms with Crippen molar-refractivity contribution in [3.63, 3.8) is 0 Å². The Bertz CT molecular complexity index is 635. The van der Waals surface area contributed by atoms with Gasteiger partial charge >= 0.3 is 0 Å². The third-order valence-electron chi connectivity index (χ3n) is 3.18. The highest BCUT2D eigenvalue weighted by molar-refractivity contribution is 6.32. The Hall–Kier alpha value is -1.81. The molecule has 0 aliphatic rings. The molecule has 2 aromatic rings. The summed E-state index contributed by atoms with van der Waals surface area (Å²) in [6, 6.07) is 5.41. The van der Waals surface area contributed by atoms with E-state index in [1.54, 1.807) is 13.0 Å². The first kappa shape index (κ1) is 14.6. The summed E-state index contributed by atoms with van der Waals surface area (Å²) in [5.74, 6) is 0.321. The third kappa shape index (κ3) is 2.85. The van der Waals surface area contributed by atoms with Gasteiger partial charge < -0.3 is 9.84 Å². The van der Waals surface area contributed by atoms with Crippen LogP contribution < -0.4 is 5.32 Å². The molecule has 0 aliphatic carbocycles. The molecule has 1 aromatic heterocycles. The fourth-order valence-corrected chi connectivity index (χ4v) is 2.41. The summed E-state index contributed by atoms with van der Waals surface area (Å²) < 4.78 is 4.92. The minimum atomic E-state index is -0.284. The molecule has 4 nitrogen and oxygen atoms in total. The molecule has 0 saturated carbocycles. The summed E-state index contributed by atoms with van der Waals surface area (Å²) in [5, 5.41) is 7.29. The quantitative estimate of drug-likeness (QED) is 0.926. The van der Waals surface area contributed by atoms with E-state index in [1.165, 1.54) is 0 Å². The van der Waals surface area contributed by atoms with Crippen molar-refractivity contribution in [2.75, 3.05) is 5.32 Å². The van der Waals surface area contributed by atoms with E-state index in [4.69, 9.17) is 16.1 Å². The Labute approximate surface area is 123 Å². The lowest BCUT2D eigenvalue weighted by Crippen LogP contribution is -2.15. The molecule has 1 heterocycles. The van der Waals surface area contributed by atoms with Gasteiger partial charge in [-0.05, 0) is 37.0 Å². The van der Waals surface area contributed by atoms with Gasteiger partial charge in [-0.25, -0.2) is 0 Å². The van der Waals surface area contributed by atoms with Gasteiger partial charge in [-0.3, -0.25) is 4.79 Å². The zero-order chi connectivity index (χ0) is 14.7. The summed E-state index contributed by atoms with van der Waals surface area (Å²) in [5.41, 5.74) is 3.05. The number of halogens is 1. The van der Waals surface area contributed by atoms with Crippen LogP contribution in [0.2, 0.25) is 5.02 Å². The van der Waals surface area contributed by atoms with Crippen LogP contribution in [-0.4, -0.2) is 11.1 Å². The molecule has 0 radical (unpaired) electrons. The zero-order valence-corrected chi connectivity index (χ0v) is 12.5. The number of rotatable bonds is 4. The topological polar surface area (TPSA) is 55.1 Å². The van der Waals surface area contributed by atoms with Crippen LogP contribution >= 0.6 is 11.6 Å². The molecule has 1 N–H and O–H groups in total. The van der Waals surface area contributed by atoms with Gasteiger partial charge in [-0.2, -0.15) is 0 Å². The van der Waals surface area contributed by atoms with Crippen molar-refractivity contribution in [3.8, 4) is 0 Å². The van der Waals surface area contributed by atoms with E-state index in [1.807, 2.05) is 26.0 Å². The van der Waals surface area contributed by atoms with Crippen LogP contribution in [0.3, 0.4) is 0 Å². The monoisotopic (exact) mass is 292 g/mol. The Morgan fingerprint density at radius 1 is 1.35 bits per heavy atom. The number of hydrogen-bond donors (Lipinski definition) is 1. The second-order valence-electron chi connectivity index (χ2n) is 4.54. The number of benzene rings is 1. The highest BCUT2D eigenvalue weighted by atomic mass is 35.5. The predicted octanol–water partition coefficient (Wildman–Crippen LogP) is 4.01. The van der Waals surface area contributed by atoms with Crippen molar-refractivity contribution in [2.45, 2.75) is 33.6 Å². The SMILES string of the molecule is CCc1ccc(Cl)c(CC)c1NC(=O)c1cc(C)on1. The molecule has 106 valence electrons. The van der Waals surface area contributed by atoms with Crippen molar-refractivity contribution in [1.82, 2.24) is 5.16 Å². The van der Waals surface area contributed by atoms with Gasteiger partial charge in [0.2, 0.25) is 0 Å². The average Bonchev–Trinajstić information content (AvgIpc) is 2.86. The lowest BCUT2D eigenvalue weighted by Gasteiger charge is -2.15. The number of aromatic nitrogens is 1. The number of anilines is 1. The Morgan fingerprint density at radius 2 is 2.10 bits per heavy atom. The normalized spacial score (nSPS) is 10.6. The fourth-order valence-electron chi connectivity index (χ4n) is 2.12. The number of hydrogen-bond acceptors (Lipinski definition) is 3. The second-order valence-corrected chi connectivity index (χ2v) is 4.95. The highest BCUT2D eigenvalue weighted by Gasteiger charge is 2.16. The van der Waals surface area contributed by atoms with E-state index in [0.29, 0.717) is 10.8 Å². The summed E-state index contributed by atoms with van der Waals surface area (Å²) in [4.78, 5) is 12.2. The summed E-state index contributed by atoms with van der Waals surface area (Å²) in [6.07, 6.45) is 1.57.